The van der Waals surface area contributed by atoms with E-state index in [1.54, 1.807) is 29.3 Å². The second kappa shape index (κ2) is 12.1. The van der Waals surface area contributed by atoms with Crippen molar-refractivity contribution in [1.82, 2.24) is 44.5 Å². The van der Waals surface area contributed by atoms with Crippen molar-refractivity contribution < 1.29 is 9.53 Å². The van der Waals surface area contributed by atoms with Gasteiger partial charge in [0.25, 0.3) is 0 Å². The first-order valence-electron chi connectivity index (χ1n) is 17.0. The summed E-state index contributed by atoms with van der Waals surface area (Å²) in [5, 5.41) is 8.54. The SMILES string of the molecule is Nc1ncccc1-c1nc2ccc(-n3ccc(Oc4cccnc4)n3)nc2n1-c1ccc2c(c1)CC[C@@H]2NC1CCN(C(=O)C2CC2)CC1. The summed E-state index contributed by atoms with van der Waals surface area (Å²) in [5.41, 5.74) is 12.1. The molecule has 2 fully saturated rings. The highest BCUT2D eigenvalue weighted by molar-refractivity contribution is 5.83. The minimum absolute atomic E-state index is 0.292. The first-order valence-corrected chi connectivity index (χ1v) is 17.0. The number of ether oxygens (including phenoxy) is 1. The number of piperidine rings is 1. The van der Waals surface area contributed by atoms with Gasteiger partial charge in [-0.15, -0.1) is 5.10 Å². The molecule has 6 aromatic rings. The van der Waals surface area contributed by atoms with Crippen molar-refractivity contribution in [3.05, 3.63) is 96.6 Å². The Morgan fingerprint density at radius 2 is 1.82 bits per heavy atom. The van der Waals surface area contributed by atoms with Crippen molar-refractivity contribution in [1.29, 1.82) is 0 Å². The lowest BCUT2D eigenvalue weighted by atomic mass is 10.0. The van der Waals surface area contributed by atoms with Crippen molar-refractivity contribution >= 4 is 22.9 Å². The van der Waals surface area contributed by atoms with Crippen molar-refractivity contribution in [2.24, 2.45) is 5.92 Å². The molecule has 0 bridgehead atoms. The number of rotatable bonds is 8. The lowest BCUT2D eigenvalue weighted by molar-refractivity contribution is -0.133. The molecule has 3 N–H and O–H groups in total. The van der Waals surface area contributed by atoms with Gasteiger partial charge >= 0.3 is 0 Å². The summed E-state index contributed by atoms with van der Waals surface area (Å²) in [6.45, 7) is 1.71. The number of anilines is 1. The molecule has 12 heteroatoms. The Hall–Kier alpha value is -5.62. The number of carbonyl (C=O) groups is 1. The predicted molar refractivity (Wildman–Crippen MR) is 184 cm³/mol. The summed E-state index contributed by atoms with van der Waals surface area (Å²) < 4.78 is 9.63. The number of nitrogens with one attached hydrogen (secondary N) is 1. The lowest BCUT2D eigenvalue weighted by Gasteiger charge is -2.34. The molecule has 0 radical (unpaired) electrons. The van der Waals surface area contributed by atoms with E-state index < -0.39 is 0 Å². The number of nitrogens with two attached hydrogens (primary N) is 1. The van der Waals surface area contributed by atoms with Gasteiger partial charge in [0.1, 0.15) is 17.1 Å². The van der Waals surface area contributed by atoms with Crippen molar-refractivity contribution in [3.63, 3.8) is 0 Å². The van der Waals surface area contributed by atoms with E-state index in [1.807, 2.05) is 42.6 Å². The van der Waals surface area contributed by atoms with Gasteiger partial charge in [-0.05, 0) is 98.2 Å². The largest absolute Gasteiger partial charge is 0.436 e. The minimum atomic E-state index is 0.292. The number of hydrogen-bond donors (Lipinski definition) is 2. The van der Waals surface area contributed by atoms with Gasteiger partial charge in [-0.3, -0.25) is 14.3 Å². The van der Waals surface area contributed by atoms with E-state index in [4.69, 9.17) is 20.4 Å². The molecule has 6 heterocycles. The van der Waals surface area contributed by atoms with Gasteiger partial charge in [-0.2, -0.15) is 0 Å². The zero-order valence-corrected chi connectivity index (χ0v) is 26.9. The van der Waals surface area contributed by atoms with Gasteiger partial charge in [0.2, 0.25) is 11.8 Å². The van der Waals surface area contributed by atoms with Crippen molar-refractivity contribution in [2.45, 2.75) is 50.6 Å². The Bertz CT molecular complexity index is 2170. The van der Waals surface area contributed by atoms with E-state index in [2.05, 4.69) is 48.0 Å². The Morgan fingerprint density at radius 3 is 2.63 bits per heavy atom. The molecular weight excluding hydrogens is 616 g/mol. The number of imidazole rings is 1. The third kappa shape index (κ3) is 5.67. The fourth-order valence-corrected chi connectivity index (χ4v) is 7.18. The van der Waals surface area contributed by atoms with Gasteiger partial charge in [0, 0.05) is 61.4 Å². The van der Waals surface area contributed by atoms with Crippen LogP contribution in [0.1, 0.15) is 49.3 Å². The van der Waals surface area contributed by atoms with E-state index in [9.17, 15) is 4.79 Å². The number of fused-ring (bicyclic) bond motifs is 2. The second-order valence-corrected chi connectivity index (χ2v) is 13.1. The van der Waals surface area contributed by atoms with Crippen molar-refractivity contribution in [3.8, 4) is 34.5 Å². The molecule has 1 aliphatic heterocycles. The third-order valence-corrected chi connectivity index (χ3v) is 9.86. The van der Waals surface area contributed by atoms with Crippen LogP contribution in [0.25, 0.3) is 34.1 Å². The summed E-state index contributed by atoms with van der Waals surface area (Å²) in [5.74, 6) is 3.39. The number of nitrogen functional groups attached to an aromatic ring is 1. The minimum Gasteiger partial charge on any atom is -0.436 e. The van der Waals surface area contributed by atoms with Crippen LogP contribution in [0.2, 0.25) is 0 Å². The molecule has 3 aliphatic rings. The molecule has 1 amide bonds. The monoisotopic (exact) mass is 652 g/mol. The highest BCUT2D eigenvalue weighted by atomic mass is 16.5. The maximum absolute atomic E-state index is 12.5. The number of amides is 1. The van der Waals surface area contributed by atoms with E-state index >= 15 is 0 Å². The summed E-state index contributed by atoms with van der Waals surface area (Å²) in [6, 6.07) is 20.4. The fraction of sp³-hybridized carbons (Fsp3) is 0.297. The van der Waals surface area contributed by atoms with Crippen LogP contribution in [-0.4, -0.2) is 64.2 Å². The molecule has 49 heavy (non-hydrogen) atoms. The number of carbonyl (C=O) groups excluding carboxylic acids is 1. The average molecular weight is 653 g/mol. The molecule has 1 aromatic carbocycles. The van der Waals surface area contributed by atoms with Crippen LogP contribution in [0.3, 0.4) is 0 Å². The molecule has 1 saturated heterocycles. The van der Waals surface area contributed by atoms with Crippen LogP contribution in [0.15, 0.2) is 85.5 Å². The summed E-state index contributed by atoms with van der Waals surface area (Å²) in [4.78, 5) is 33.2. The Kier molecular flexibility index (Phi) is 7.30. The van der Waals surface area contributed by atoms with Crippen LogP contribution in [0.4, 0.5) is 5.82 Å². The zero-order valence-electron chi connectivity index (χ0n) is 26.9. The normalized spacial score (nSPS) is 17.8. The number of likely N-dealkylation sites (tertiary alicyclic amines) is 1. The Morgan fingerprint density at radius 1 is 0.939 bits per heavy atom. The molecule has 5 aromatic heterocycles. The van der Waals surface area contributed by atoms with Gasteiger partial charge < -0.3 is 20.7 Å². The van der Waals surface area contributed by atoms with Crippen LogP contribution in [0, 0.1) is 5.92 Å². The quantitative estimate of drug-likeness (QED) is 0.221. The van der Waals surface area contributed by atoms with Gasteiger partial charge in [-0.25, -0.2) is 19.6 Å². The topological polar surface area (TPSA) is 142 Å². The van der Waals surface area contributed by atoms with Gasteiger partial charge in [0.15, 0.2) is 17.3 Å². The number of nitrogens with zero attached hydrogens (tertiary/aromatic N) is 8. The van der Waals surface area contributed by atoms with E-state index in [0.717, 1.165) is 68.4 Å². The smallest absolute Gasteiger partial charge is 0.238 e. The van der Waals surface area contributed by atoms with Gasteiger partial charge in [-0.1, -0.05) is 6.07 Å². The van der Waals surface area contributed by atoms with E-state index in [0.29, 0.717) is 58.6 Å². The molecule has 12 nitrogen and oxygen atoms in total. The molecular formula is C37H36N10O2. The first-order chi connectivity index (χ1) is 24.1. The second-order valence-electron chi connectivity index (χ2n) is 13.1. The number of benzene rings is 1. The summed E-state index contributed by atoms with van der Waals surface area (Å²) in [6.07, 6.45) is 13.0. The van der Waals surface area contributed by atoms with Crippen LogP contribution < -0.4 is 15.8 Å². The van der Waals surface area contributed by atoms with Gasteiger partial charge in [0.05, 0.1) is 11.8 Å². The highest BCUT2D eigenvalue weighted by Crippen LogP contribution is 2.37. The van der Waals surface area contributed by atoms with E-state index in [1.165, 1.54) is 11.1 Å². The summed E-state index contributed by atoms with van der Waals surface area (Å²) >= 11 is 0. The van der Waals surface area contributed by atoms with Crippen molar-refractivity contribution in [2.75, 3.05) is 18.8 Å². The molecule has 2 aliphatic carbocycles. The number of aromatic nitrogens is 7. The van der Waals surface area contributed by atoms with Crippen LogP contribution in [0.5, 0.6) is 11.6 Å². The summed E-state index contributed by atoms with van der Waals surface area (Å²) in [7, 11) is 0. The number of aryl methyl sites for hydroxylation is 1. The molecule has 1 atom stereocenters. The molecule has 0 unspecified atom stereocenters. The maximum Gasteiger partial charge on any atom is 0.238 e. The predicted octanol–water partition coefficient (Wildman–Crippen LogP) is 5.42. The fourth-order valence-electron chi connectivity index (χ4n) is 7.18. The average Bonchev–Trinajstić information content (AvgIpc) is 3.58. The molecule has 9 rings (SSSR count). The number of hydrogen-bond acceptors (Lipinski definition) is 9. The van der Waals surface area contributed by atoms with E-state index in [-0.39, 0.29) is 0 Å². The highest BCUT2D eigenvalue weighted by Gasteiger charge is 2.35. The standard InChI is InChI=1S/C37H36N10O2/c38-34-29(4-2-17-40-34)35-42-31-11-12-32(46-20-15-33(44-46)49-27-3-1-16-39-22-27)43-36(31)47(35)26-8-9-28-24(21-26)7-10-30(28)41-25-13-18-45(19-14-25)37(48)23-5-6-23/h1-4,8-9,11-12,15-17,20-23,25,30,41H,5-7,10,13-14,18-19H2,(H2,38,40)/t30-/m0/s1. The molecule has 1 saturated carbocycles. The number of pyridine rings is 3. The van der Waals surface area contributed by atoms with Crippen LogP contribution >= 0.6 is 0 Å². The zero-order chi connectivity index (χ0) is 32.9. The lowest BCUT2D eigenvalue weighted by Crippen LogP contribution is -2.46. The Labute approximate surface area is 283 Å². The Balaban J connectivity index is 1.02. The molecule has 246 valence electrons. The molecule has 0 spiro atoms. The maximum atomic E-state index is 12.5. The third-order valence-electron chi connectivity index (χ3n) is 9.86. The van der Waals surface area contributed by atoms with Crippen LogP contribution in [-0.2, 0) is 11.2 Å². The first kappa shape index (κ1) is 29.5.